The maximum Gasteiger partial charge on any atom is 0.166 e. The van der Waals surface area contributed by atoms with E-state index in [9.17, 15) is 4.39 Å². The fraction of sp³-hybridized carbons (Fsp3) is 0.419. The second-order valence-corrected chi connectivity index (χ2v) is 10.2. The Hall–Kier alpha value is -2.59. The average Bonchev–Trinajstić information content (AvgIpc) is 3.71. The van der Waals surface area contributed by atoms with Crippen LogP contribution in [0.4, 0.5) is 13.2 Å². The molecule has 0 spiro atoms. The monoisotopic (exact) mass is 478 g/mol. The standard InChI is InChI=1S/C31H33F3O/c1-2-3-20-6-11-23(12-7-20)25-16-17-26(31(34)30(25)33)24-13-8-21(9-14-24)4-5-22-10-15-27(28(32)18-22)29-19-35-29/h8-10,13-18,20,23,29H,2-7,11-12,19H2,1H3. The van der Waals surface area contributed by atoms with Crippen LogP contribution in [0.1, 0.15) is 79.7 Å². The molecule has 5 rings (SSSR count). The molecule has 2 fully saturated rings. The smallest absolute Gasteiger partial charge is 0.166 e. The van der Waals surface area contributed by atoms with E-state index in [1.165, 1.54) is 12.8 Å². The highest BCUT2D eigenvalue weighted by Crippen LogP contribution is 2.40. The van der Waals surface area contributed by atoms with Crippen molar-refractivity contribution in [2.24, 2.45) is 5.92 Å². The van der Waals surface area contributed by atoms with E-state index in [2.05, 4.69) is 6.92 Å². The molecule has 0 radical (unpaired) electrons. The van der Waals surface area contributed by atoms with Crippen LogP contribution in [0, 0.1) is 23.4 Å². The summed E-state index contributed by atoms with van der Waals surface area (Å²) in [6, 6.07) is 16.4. The van der Waals surface area contributed by atoms with Crippen molar-refractivity contribution in [3.8, 4) is 11.1 Å². The first-order valence-corrected chi connectivity index (χ1v) is 13.0. The van der Waals surface area contributed by atoms with Gasteiger partial charge in [0, 0.05) is 11.1 Å². The number of halogens is 3. The number of aryl methyl sites for hydroxylation is 2. The minimum absolute atomic E-state index is 0.0864. The molecule has 3 aromatic carbocycles. The minimum Gasteiger partial charge on any atom is -0.368 e. The van der Waals surface area contributed by atoms with Crippen LogP contribution in [-0.4, -0.2) is 6.61 Å². The van der Waals surface area contributed by atoms with Crippen LogP contribution < -0.4 is 0 Å². The molecule has 2 aliphatic rings. The van der Waals surface area contributed by atoms with Gasteiger partial charge in [0.2, 0.25) is 0 Å². The Morgan fingerprint density at radius 3 is 2.09 bits per heavy atom. The van der Waals surface area contributed by atoms with E-state index in [-0.39, 0.29) is 17.8 Å². The largest absolute Gasteiger partial charge is 0.368 e. The second kappa shape index (κ2) is 10.6. The highest BCUT2D eigenvalue weighted by Gasteiger charge is 2.28. The van der Waals surface area contributed by atoms with Gasteiger partial charge in [-0.2, -0.15) is 0 Å². The van der Waals surface area contributed by atoms with Crippen molar-refractivity contribution in [2.75, 3.05) is 6.61 Å². The van der Waals surface area contributed by atoms with Crippen LogP contribution >= 0.6 is 0 Å². The number of rotatable bonds is 8. The van der Waals surface area contributed by atoms with E-state index in [4.69, 9.17) is 4.74 Å². The second-order valence-electron chi connectivity index (χ2n) is 10.2. The molecular formula is C31H33F3O. The molecule has 1 nitrogen and oxygen atoms in total. The van der Waals surface area contributed by atoms with Gasteiger partial charge in [-0.25, -0.2) is 13.2 Å². The van der Waals surface area contributed by atoms with E-state index in [1.807, 2.05) is 36.4 Å². The van der Waals surface area contributed by atoms with Crippen LogP contribution in [-0.2, 0) is 17.6 Å². The summed E-state index contributed by atoms with van der Waals surface area (Å²) in [5.41, 5.74) is 4.14. The lowest BCUT2D eigenvalue weighted by Gasteiger charge is -2.29. The Balaban J connectivity index is 1.23. The summed E-state index contributed by atoms with van der Waals surface area (Å²) in [5.74, 6) is -0.800. The number of epoxide rings is 1. The number of hydrogen-bond acceptors (Lipinski definition) is 1. The summed E-state index contributed by atoms with van der Waals surface area (Å²) in [6.07, 6.45) is 7.88. The van der Waals surface area contributed by atoms with Crippen LogP contribution in [0.25, 0.3) is 11.1 Å². The van der Waals surface area contributed by atoms with Crippen LogP contribution in [0.5, 0.6) is 0 Å². The van der Waals surface area contributed by atoms with Crippen molar-refractivity contribution in [1.29, 1.82) is 0 Å². The lowest BCUT2D eigenvalue weighted by atomic mass is 9.77. The van der Waals surface area contributed by atoms with Crippen molar-refractivity contribution in [3.05, 3.63) is 94.3 Å². The molecular weight excluding hydrogens is 445 g/mol. The van der Waals surface area contributed by atoms with Gasteiger partial charge in [-0.05, 0) is 78.7 Å². The summed E-state index contributed by atoms with van der Waals surface area (Å²) in [6.45, 7) is 2.80. The fourth-order valence-electron chi connectivity index (χ4n) is 5.63. The van der Waals surface area contributed by atoms with E-state index in [0.717, 1.165) is 49.1 Å². The molecule has 3 aromatic rings. The molecule has 1 saturated heterocycles. The van der Waals surface area contributed by atoms with Crippen molar-refractivity contribution >= 4 is 0 Å². The molecule has 1 unspecified atom stereocenters. The molecule has 0 amide bonds. The zero-order chi connectivity index (χ0) is 24.4. The topological polar surface area (TPSA) is 12.5 Å². The molecule has 0 bridgehead atoms. The molecule has 4 heteroatoms. The van der Waals surface area contributed by atoms with Crippen molar-refractivity contribution in [2.45, 2.75) is 70.3 Å². The Kier molecular flexibility index (Phi) is 7.29. The average molecular weight is 479 g/mol. The van der Waals surface area contributed by atoms with Gasteiger partial charge in [-0.3, -0.25) is 0 Å². The maximum atomic E-state index is 15.1. The highest BCUT2D eigenvalue weighted by molar-refractivity contribution is 5.65. The highest BCUT2D eigenvalue weighted by atomic mass is 19.2. The summed E-state index contributed by atoms with van der Waals surface area (Å²) in [4.78, 5) is 0. The molecule has 184 valence electrons. The Morgan fingerprint density at radius 1 is 0.771 bits per heavy atom. The third-order valence-corrected chi connectivity index (χ3v) is 7.81. The maximum absolute atomic E-state index is 15.1. The first-order valence-electron chi connectivity index (χ1n) is 13.0. The van der Waals surface area contributed by atoms with Gasteiger partial charge in [-0.15, -0.1) is 0 Å². The van der Waals surface area contributed by atoms with Gasteiger partial charge < -0.3 is 4.74 Å². The van der Waals surface area contributed by atoms with Gasteiger partial charge in [0.1, 0.15) is 11.9 Å². The molecule has 35 heavy (non-hydrogen) atoms. The molecule has 1 saturated carbocycles. The van der Waals surface area contributed by atoms with Crippen LogP contribution in [0.15, 0.2) is 54.6 Å². The first-order chi connectivity index (χ1) is 17.0. The zero-order valence-electron chi connectivity index (χ0n) is 20.3. The lowest BCUT2D eigenvalue weighted by molar-refractivity contribution is 0.303. The molecule has 0 N–H and O–H groups in total. The number of ether oxygens (including phenoxy) is 1. The Bertz CT molecular complexity index is 1160. The minimum atomic E-state index is -0.749. The molecule has 1 aliphatic heterocycles. The molecule has 1 heterocycles. The first kappa shape index (κ1) is 24.1. The van der Waals surface area contributed by atoms with Crippen LogP contribution in [0.2, 0.25) is 0 Å². The van der Waals surface area contributed by atoms with E-state index in [0.29, 0.717) is 35.3 Å². The third kappa shape index (κ3) is 5.48. The van der Waals surface area contributed by atoms with Crippen LogP contribution in [0.3, 0.4) is 0 Å². The molecule has 0 aromatic heterocycles. The fourth-order valence-corrected chi connectivity index (χ4v) is 5.63. The number of benzene rings is 3. The van der Waals surface area contributed by atoms with Gasteiger partial charge in [0.05, 0.1) is 6.61 Å². The van der Waals surface area contributed by atoms with Crippen molar-refractivity contribution in [3.63, 3.8) is 0 Å². The van der Waals surface area contributed by atoms with Gasteiger partial charge >= 0.3 is 0 Å². The molecule has 1 atom stereocenters. The zero-order valence-corrected chi connectivity index (χ0v) is 20.3. The van der Waals surface area contributed by atoms with Crippen molar-refractivity contribution < 1.29 is 17.9 Å². The SMILES string of the molecule is CCCC1CCC(c2ccc(-c3ccc(CCc4ccc(C5CO5)c(F)c4)cc3)c(F)c2F)CC1. The summed E-state index contributed by atoms with van der Waals surface area (Å²) < 4.78 is 49.5. The van der Waals surface area contributed by atoms with E-state index >= 15 is 8.78 Å². The summed E-state index contributed by atoms with van der Waals surface area (Å²) >= 11 is 0. The Labute approximate surface area is 206 Å². The predicted molar refractivity (Wildman–Crippen MR) is 134 cm³/mol. The van der Waals surface area contributed by atoms with Gasteiger partial charge in [0.15, 0.2) is 11.6 Å². The Morgan fingerprint density at radius 2 is 1.43 bits per heavy atom. The quantitative estimate of drug-likeness (QED) is 0.295. The normalized spacial score (nSPS) is 21.8. The predicted octanol–water partition coefficient (Wildman–Crippen LogP) is 8.70. The number of hydrogen-bond donors (Lipinski definition) is 0. The van der Waals surface area contributed by atoms with E-state index in [1.54, 1.807) is 18.2 Å². The van der Waals surface area contributed by atoms with Crippen molar-refractivity contribution in [1.82, 2.24) is 0 Å². The summed E-state index contributed by atoms with van der Waals surface area (Å²) in [5, 5.41) is 0. The summed E-state index contributed by atoms with van der Waals surface area (Å²) in [7, 11) is 0. The van der Waals surface area contributed by atoms with Gasteiger partial charge in [-0.1, -0.05) is 68.3 Å². The lowest BCUT2D eigenvalue weighted by Crippen LogP contribution is -2.14. The van der Waals surface area contributed by atoms with Gasteiger partial charge in [0.25, 0.3) is 0 Å². The van der Waals surface area contributed by atoms with E-state index < -0.39 is 11.6 Å². The third-order valence-electron chi connectivity index (χ3n) is 7.81. The molecule has 1 aliphatic carbocycles.